The number of rotatable bonds is 4. The summed E-state index contributed by atoms with van der Waals surface area (Å²) < 4.78 is 116. The zero-order valence-corrected chi connectivity index (χ0v) is 10.7. The molecule has 0 fully saturated rings. The maximum atomic E-state index is 13.7. The Hall–Kier alpha value is -1.45. The summed E-state index contributed by atoms with van der Waals surface area (Å²) in [5.41, 5.74) is -2.69. The fourth-order valence-electron chi connectivity index (χ4n) is 1.69. The molecule has 1 aromatic carbocycles. The van der Waals surface area contributed by atoms with Gasteiger partial charge in [-0.25, -0.2) is 0 Å². The summed E-state index contributed by atoms with van der Waals surface area (Å²) >= 11 is 0. The van der Waals surface area contributed by atoms with E-state index in [2.05, 4.69) is 0 Å². The van der Waals surface area contributed by atoms with E-state index in [1.165, 1.54) is 0 Å². The lowest BCUT2D eigenvalue weighted by molar-refractivity contribution is -0.399. The molecule has 1 nitrogen and oxygen atoms in total. The van der Waals surface area contributed by atoms with E-state index in [1.54, 1.807) is 0 Å². The highest BCUT2D eigenvalue weighted by molar-refractivity contribution is 5.35. The summed E-state index contributed by atoms with van der Waals surface area (Å²) in [6, 6.07) is 2.75. The fourth-order valence-corrected chi connectivity index (χ4v) is 1.69. The van der Waals surface area contributed by atoms with Crippen LogP contribution in [0.5, 0.6) is 0 Å². The number of hydrogen-bond acceptors (Lipinski definition) is 1. The zero-order valence-electron chi connectivity index (χ0n) is 10.7. The molecule has 0 saturated heterocycles. The molecule has 0 amide bonds. The van der Waals surface area contributed by atoms with Gasteiger partial charge in [-0.15, -0.1) is 0 Å². The van der Waals surface area contributed by atoms with Crippen LogP contribution >= 0.6 is 0 Å². The monoisotopic (exact) mass is 340 g/mol. The maximum Gasteiger partial charge on any atom is 0.460 e. The second-order valence-corrected chi connectivity index (χ2v) is 4.48. The van der Waals surface area contributed by atoms with Gasteiger partial charge in [-0.3, -0.25) is 0 Å². The van der Waals surface area contributed by atoms with Crippen molar-refractivity contribution in [3.8, 4) is 0 Å². The minimum Gasteiger partial charge on any atom is -0.389 e. The van der Waals surface area contributed by atoms with E-state index in [0.29, 0.717) is 0 Å². The molecule has 0 bridgehead atoms. The van der Waals surface area contributed by atoms with Gasteiger partial charge in [-0.05, 0) is 12.5 Å². The van der Waals surface area contributed by atoms with Gasteiger partial charge in [0.1, 0.15) is 0 Å². The number of aliphatic hydroxyl groups is 1. The third-order valence-corrected chi connectivity index (χ3v) is 2.89. The average molecular weight is 340 g/mol. The molecule has 0 aliphatic heterocycles. The molecule has 1 atom stereocenters. The van der Waals surface area contributed by atoms with Crippen LogP contribution in [-0.2, 0) is 5.92 Å². The Balaban J connectivity index is 3.53. The van der Waals surface area contributed by atoms with Crippen molar-refractivity contribution >= 4 is 0 Å². The lowest BCUT2D eigenvalue weighted by Crippen LogP contribution is -2.59. The first-order valence-corrected chi connectivity index (χ1v) is 5.65. The van der Waals surface area contributed by atoms with Crippen molar-refractivity contribution in [2.75, 3.05) is 0 Å². The van der Waals surface area contributed by atoms with Crippen LogP contribution in [0.1, 0.15) is 24.2 Å². The van der Waals surface area contributed by atoms with Crippen LogP contribution in [0, 0.1) is 0 Å². The van der Waals surface area contributed by atoms with Crippen molar-refractivity contribution in [3.05, 3.63) is 35.4 Å². The predicted molar refractivity (Wildman–Crippen MR) is 56.9 cm³/mol. The largest absolute Gasteiger partial charge is 0.460 e. The highest BCUT2D eigenvalue weighted by Gasteiger charge is 2.82. The normalized spacial score (nSPS) is 15.8. The molecular weight excluding hydrogens is 331 g/mol. The lowest BCUT2D eigenvalue weighted by atomic mass is 9.91. The van der Waals surface area contributed by atoms with Crippen LogP contribution < -0.4 is 0 Å². The molecule has 10 heteroatoms. The smallest absolute Gasteiger partial charge is 0.389 e. The first kappa shape index (κ1) is 18.6. The van der Waals surface area contributed by atoms with E-state index in [-0.39, 0.29) is 6.07 Å². The van der Waals surface area contributed by atoms with E-state index in [4.69, 9.17) is 0 Å². The van der Waals surface area contributed by atoms with Crippen molar-refractivity contribution in [2.45, 2.75) is 37.0 Å². The number of benzene rings is 1. The maximum absolute atomic E-state index is 13.7. The molecule has 126 valence electrons. The van der Waals surface area contributed by atoms with Gasteiger partial charge in [0, 0.05) is 5.56 Å². The van der Waals surface area contributed by atoms with E-state index >= 15 is 0 Å². The SMILES string of the molecule is CC(O)c1ccccc1C(F)(F)C(F)(F)C(F)(F)C(F)(F)F. The summed E-state index contributed by atoms with van der Waals surface area (Å²) in [4.78, 5) is 0. The van der Waals surface area contributed by atoms with Gasteiger partial charge in [0.25, 0.3) is 0 Å². The minimum absolute atomic E-state index is 0.252. The van der Waals surface area contributed by atoms with Crippen molar-refractivity contribution in [1.82, 2.24) is 0 Å². The molecule has 1 rings (SSSR count). The van der Waals surface area contributed by atoms with E-state index in [9.17, 15) is 44.6 Å². The van der Waals surface area contributed by atoms with Gasteiger partial charge in [-0.1, -0.05) is 24.3 Å². The third kappa shape index (κ3) is 2.64. The summed E-state index contributed by atoms with van der Waals surface area (Å²) in [5, 5.41) is 9.21. The summed E-state index contributed by atoms with van der Waals surface area (Å²) in [7, 11) is 0. The minimum atomic E-state index is -6.96. The van der Waals surface area contributed by atoms with Crippen LogP contribution in [0.25, 0.3) is 0 Å². The first-order chi connectivity index (χ1) is 9.68. The molecule has 22 heavy (non-hydrogen) atoms. The Morgan fingerprint density at radius 1 is 0.818 bits per heavy atom. The molecule has 0 saturated carbocycles. The Morgan fingerprint density at radius 3 is 1.68 bits per heavy atom. The third-order valence-electron chi connectivity index (χ3n) is 2.89. The second-order valence-electron chi connectivity index (χ2n) is 4.48. The van der Waals surface area contributed by atoms with Gasteiger partial charge in [0.05, 0.1) is 6.10 Å². The van der Waals surface area contributed by atoms with Gasteiger partial charge < -0.3 is 5.11 Å². The highest BCUT2D eigenvalue weighted by Crippen LogP contribution is 2.57. The molecule has 0 aliphatic carbocycles. The number of aliphatic hydroxyl groups excluding tert-OH is 1. The Bertz CT molecular complexity index is 534. The average Bonchev–Trinajstić information content (AvgIpc) is 2.36. The number of halogens is 9. The Morgan fingerprint density at radius 2 is 1.27 bits per heavy atom. The van der Waals surface area contributed by atoms with E-state index in [0.717, 1.165) is 25.1 Å². The molecule has 0 aromatic heterocycles. The topological polar surface area (TPSA) is 20.2 Å². The zero-order chi connectivity index (χ0) is 17.6. The quantitative estimate of drug-likeness (QED) is 0.790. The van der Waals surface area contributed by atoms with Crippen LogP contribution in [0.4, 0.5) is 39.5 Å². The van der Waals surface area contributed by atoms with Crippen molar-refractivity contribution in [3.63, 3.8) is 0 Å². The van der Waals surface area contributed by atoms with Gasteiger partial charge >= 0.3 is 23.9 Å². The van der Waals surface area contributed by atoms with E-state index < -0.39 is 41.2 Å². The molecular formula is C12H9F9O. The fraction of sp³-hybridized carbons (Fsp3) is 0.500. The number of hydrogen-bond donors (Lipinski definition) is 1. The Labute approximate surface area is 118 Å². The van der Waals surface area contributed by atoms with Gasteiger partial charge in [0.2, 0.25) is 0 Å². The van der Waals surface area contributed by atoms with Crippen LogP contribution in [-0.4, -0.2) is 23.1 Å². The lowest BCUT2D eigenvalue weighted by Gasteiger charge is -2.34. The molecule has 0 spiro atoms. The van der Waals surface area contributed by atoms with Crippen molar-refractivity contribution in [2.24, 2.45) is 0 Å². The molecule has 0 radical (unpaired) electrons. The molecule has 1 N–H and O–H groups in total. The molecule has 1 aromatic rings. The molecule has 0 heterocycles. The van der Waals surface area contributed by atoms with Crippen molar-refractivity contribution < 1.29 is 44.6 Å². The second kappa shape index (κ2) is 5.32. The van der Waals surface area contributed by atoms with Gasteiger partial charge in [0.15, 0.2) is 0 Å². The standard InChI is InChI=1S/C12H9F9O/c1-6(22)7-4-2-3-5-8(7)9(13,14)10(15,16)11(17,18)12(19,20)21/h2-6,22H,1H3. The van der Waals surface area contributed by atoms with Crippen LogP contribution in [0.2, 0.25) is 0 Å². The van der Waals surface area contributed by atoms with Crippen LogP contribution in [0.15, 0.2) is 24.3 Å². The molecule has 0 aliphatic rings. The predicted octanol–water partition coefficient (Wildman–Crippen LogP) is 4.66. The van der Waals surface area contributed by atoms with Crippen molar-refractivity contribution in [1.29, 1.82) is 0 Å². The van der Waals surface area contributed by atoms with Gasteiger partial charge in [-0.2, -0.15) is 39.5 Å². The van der Waals surface area contributed by atoms with Crippen LogP contribution in [0.3, 0.4) is 0 Å². The number of alkyl halides is 9. The first-order valence-electron chi connectivity index (χ1n) is 5.65. The highest BCUT2D eigenvalue weighted by atomic mass is 19.4. The van der Waals surface area contributed by atoms with E-state index in [1.807, 2.05) is 0 Å². The summed E-state index contributed by atoms with van der Waals surface area (Å²) in [5.74, 6) is -19.6. The summed E-state index contributed by atoms with van der Waals surface area (Å²) in [6.07, 6.45) is -8.66. The molecule has 1 unspecified atom stereocenters. The Kier molecular flexibility index (Phi) is 4.50. The summed E-state index contributed by atoms with van der Waals surface area (Å²) in [6.45, 7) is 0.870.